The Morgan fingerprint density at radius 1 is 1.10 bits per heavy atom. The third-order valence-corrected chi connectivity index (χ3v) is 9.49. The summed E-state index contributed by atoms with van der Waals surface area (Å²) in [5.41, 5.74) is 4.19. The highest BCUT2D eigenvalue weighted by Gasteiger charge is 2.41. The maximum atomic E-state index is 13.6. The van der Waals surface area contributed by atoms with Gasteiger partial charge in [0.2, 0.25) is 5.78 Å². The van der Waals surface area contributed by atoms with E-state index < -0.39 is 5.60 Å². The lowest BCUT2D eigenvalue weighted by Gasteiger charge is -2.30. The lowest BCUT2D eigenvalue weighted by molar-refractivity contribution is 0.0104. The Hall–Kier alpha value is -3.71. The maximum Gasteiger partial charge on any atom is 0.304 e. The number of hydrogen-bond acceptors (Lipinski definition) is 6. The second-order valence-corrected chi connectivity index (χ2v) is 12.3. The molecular formula is C35H42N5O2+. The van der Waals surface area contributed by atoms with Crippen LogP contribution in [0.1, 0.15) is 111 Å². The number of fused-ring (bicyclic) bond motifs is 2. The Bertz CT molecular complexity index is 1530. The first-order valence-electron chi connectivity index (χ1n) is 15.7. The molecule has 3 aliphatic rings. The van der Waals surface area contributed by atoms with E-state index in [-0.39, 0.29) is 5.78 Å². The number of ketones is 1. The molecule has 2 N–H and O–H groups in total. The van der Waals surface area contributed by atoms with Crippen LogP contribution in [0.2, 0.25) is 0 Å². The zero-order valence-corrected chi connectivity index (χ0v) is 24.9. The summed E-state index contributed by atoms with van der Waals surface area (Å²) in [6, 6.07) is 12.6. The monoisotopic (exact) mass is 564 g/mol. The highest BCUT2D eigenvalue weighted by molar-refractivity contribution is 6.50. The van der Waals surface area contributed by atoms with Gasteiger partial charge in [0, 0.05) is 18.2 Å². The van der Waals surface area contributed by atoms with Crippen LogP contribution in [0.4, 0.5) is 23.3 Å². The number of aromatic nitrogens is 3. The van der Waals surface area contributed by atoms with E-state index in [1.165, 1.54) is 37.7 Å². The molecule has 7 heteroatoms. The number of benzene rings is 1. The number of carbonyl (C=O) groups is 1. The first-order valence-corrected chi connectivity index (χ1v) is 15.7. The standard InChI is InChI=1S/C35H41N5O2/c1-4-6-12-29-31(41)28-22-36-34(37-27-18-15-25(16-19-27)24-10-7-9-23(3)13-14-24)39-33(28)40(29)30-20-17-26-11-8-21-35(42,5-2)32(26)38-30/h4,15-20,22-24,42H,1,5-14,21H2,2-3H3/p+1/t23?,24-,35?/m1/s1. The first-order chi connectivity index (χ1) is 20.4. The molecule has 3 atom stereocenters. The number of carbonyl (C=O) groups excluding carboxylic acids is 1. The van der Waals surface area contributed by atoms with Crippen LogP contribution in [0, 0.1) is 5.92 Å². The van der Waals surface area contributed by atoms with Gasteiger partial charge in [-0.2, -0.15) is 4.58 Å². The van der Waals surface area contributed by atoms with Crippen molar-refractivity contribution in [3.63, 3.8) is 0 Å². The molecule has 7 nitrogen and oxygen atoms in total. The molecule has 3 heterocycles. The predicted molar refractivity (Wildman–Crippen MR) is 168 cm³/mol. The Balaban J connectivity index is 1.32. The maximum absolute atomic E-state index is 13.6. The summed E-state index contributed by atoms with van der Waals surface area (Å²) in [6.07, 6.45) is 14.1. The fourth-order valence-electron chi connectivity index (χ4n) is 6.89. The van der Waals surface area contributed by atoms with Crippen molar-refractivity contribution >= 4 is 34.8 Å². The fourth-order valence-corrected chi connectivity index (χ4v) is 6.89. The van der Waals surface area contributed by atoms with E-state index in [2.05, 4.69) is 48.1 Å². The smallest absolute Gasteiger partial charge is 0.304 e. The molecule has 3 aromatic rings. The number of rotatable bonds is 8. The summed E-state index contributed by atoms with van der Waals surface area (Å²) in [6.45, 7) is 8.22. The number of allylic oxidation sites excluding steroid dienone is 1. The third-order valence-electron chi connectivity index (χ3n) is 9.49. The number of aryl methyl sites for hydroxylation is 1. The summed E-state index contributed by atoms with van der Waals surface area (Å²) in [7, 11) is 0. The first kappa shape index (κ1) is 28.4. The quantitative estimate of drug-likeness (QED) is 0.166. The minimum Gasteiger partial charge on any atom is -0.382 e. The summed E-state index contributed by atoms with van der Waals surface area (Å²) < 4.78 is 1.86. The molecule has 2 aromatic heterocycles. The summed E-state index contributed by atoms with van der Waals surface area (Å²) >= 11 is 0. The normalized spacial score (nSPS) is 23.7. The largest absolute Gasteiger partial charge is 0.382 e. The Morgan fingerprint density at radius 2 is 1.93 bits per heavy atom. The van der Waals surface area contributed by atoms with Crippen LogP contribution in [-0.4, -0.2) is 31.6 Å². The molecule has 0 amide bonds. The van der Waals surface area contributed by atoms with Gasteiger partial charge in [0.05, 0.1) is 6.20 Å². The lowest BCUT2D eigenvalue weighted by atomic mass is 9.81. The molecule has 0 radical (unpaired) electrons. The fraction of sp³-hybridized carbons (Fsp3) is 0.457. The van der Waals surface area contributed by atoms with Crippen molar-refractivity contribution in [3.8, 4) is 0 Å². The van der Waals surface area contributed by atoms with E-state index in [1.54, 1.807) is 6.20 Å². The molecule has 1 saturated carbocycles. The van der Waals surface area contributed by atoms with E-state index in [0.717, 1.165) is 30.0 Å². The second kappa shape index (κ2) is 11.9. The van der Waals surface area contributed by atoms with Gasteiger partial charge in [-0.15, -0.1) is 11.6 Å². The third kappa shape index (κ3) is 5.42. The van der Waals surface area contributed by atoms with Crippen LogP contribution >= 0.6 is 0 Å². The van der Waals surface area contributed by atoms with Crippen LogP contribution in [-0.2, 0) is 12.0 Å². The van der Waals surface area contributed by atoms with Crippen LogP contribution in [0.3, 0.4) is 0 Å². The van der Waals surface area contributed by atoms with E-state index >= 15 is 0 Å². The van der Waals surface area contributed by atoms with Crippen molar-refractivity contribution in [1.82, 2.24) is 19.5 Å². The highest BCUT2D eigenvalue weighted by Crippen LogP contribution is 2.39. The number of pyridine rings is 1. The number of aliphatic hydroxyl groups is 1. The molecule has 1 aliphatic heterocycles. The van der Waals surface area contributed by atoms with Crippen LogP contribution in [0.15, 0.2) is 55.3 Å². The van der Waals surface area contributed by atoms with Crippen LogP contribution in [0.25, 0.3) is 0 Å². The SMILES string of the molecule is C=CCCC1=[N+](c2ccc3c(n2)C(O)(CC)CCC3)c2nc(Nc3ccc([C@@H]4CCCC(C)CC4)cc3)ncc2C1=O. The van der Waals surface area contributed by atoms with Crippen molar-refractivity contribution in [1.29, 1.82) is 0 Å². The zero-order chi connectivity index (χ0) is 29.3. The van der Waals surface area contributed by atoms with Crippen molar-refractivity contribution in [2.75, 3.05) is 5.32 Å². The second-order valence-electron chi connectivity index (χ2n) is 12.3. The summed E-state index contributed by atoms with van der Waals surface area (Å²) in [5.74, 6) is 2.90. The number of Topliss-reactive ketones (excluding diaryl/α,β-unsaturated/α-hetero) is 1. The van der Waals surface area contributed by atoms with E-state index in [4.69, 9.17) is 9.97 Å². The number of anilines is 2. The molecule has 218 valence electrons. The van der Waals surface area contributed by atoms with Crippen LogP contribution in [0.5, 0.6) is 0 Å². The summed E-state index contributed by atoms with van der Waals surface area (Å²) in [5, 5.41) is 14.7. The molecule has 2 aliphatic carbocycles. The van der Waals surface area contributed by atoms with Gasteiger partial charge < -0.3 is 10.4 Å². The molecule has 6 rings (SSSR count). The lowest BCUT2D eigenvalue weighted by Crippen LogP contribution is -2.32. The van der Waals surface area contributed by atoms with Gasteiger partial charge in [0.1, 0.15) is 16.9 Å². The molecular weight excluding hydrogens is 522 g/mol. The topological polar surface area (TPSA) is 91.0 Å². The zero-order valence-electron chi connectivity index (χ0n) is 24.9. The number of hydrogen-bond donors (Lipinski definition) is 2. The Morgan fingerprint density at radius 3 is 2.71 bits per heavy atom. The van der Waals surface area contributed by atoms with Gasteiger partial charge in [-0.05, 0) is 86.1 Å². The van der Waals surface area contributed by atoms with E-state index in [1.807, 2.05) is 29.7 Å². The van der Waals surface area contributed by atoms with Crippen molar-refractivity contribution in [3.05, 3.63) is 77.6 Å². The van der Waals surface area contributed by atoms with Gasteiger partial charge in [-0.25, -0.2) is 4.98 Å². The van der Waals surface area contributed by atoms with Crippen LogP contribution < -0.4 is 9.89 Å². The summed E-state index contributed by atoms with van der Waals surface area (Å²) in [4.78, 5) is 27.9. The molecule has 0 bridgehead atoms. The Kier molecular flexibility index (Phi) is 8.04. The molecule has 2 unspecified atom stereocenters. The predicted octanol–water partition coefficient (Wildman–Crippen LogP) is 7.67. The average molecular weight is 565 g/mol. The van der Waals surface area contributed by atoms with Gasteiger partial charge in [-0.1, -0.05) is 56.3 Å². The number of nitrogens with one attached hydrogen (secondary N) is 1. The van der Waals surface area contributed by atoms with Gasteiger partial charge >= 0.3 is 5.95 Å². The average Bonchev–Trinajstić information content (AvgIpc) is 3.12. The van der Waals surface area contributed by atoms with Crippen molar-refractivity contribution in [2.24, 2.45) is 5.92 Å². The van der Waals surface area contributed by atoms with Gasteiger partial charge in [-0.3, -0.25) is 4.79 Å². The molecule has 42 heavy (non-hydrogen) atoms. The van der Waals surface area contributed by atoms with E-state index in [9.17, 15) is 9.90 Å². The van der Waals surface area contributed by atoms with Gasteiger partial charge in [0.15, 0.2) is 5.69 Å². The van der Waals surface area contributed by atoms with Crippen molar-refractivity contribution < 1.29 is 9.90 Å². The molecule has 0 spiro atoms. The van der Waals surface area contributed by atoms with E-state index in [0.29, 0.717) is 66.2 Å². The number of nitrogens with zero attached hydrogens (tertiary/aromatic N) is 4. The molecule has 1 aromatic carbocycles. The highest BCUT2D eigenvalue weighted by atomic mass is 16.3. The minimum absolute atomic E-state index is 0.0919. The molecule has 0 saturated heterocycles. The van der Waals surface area contributed by atoms with Crippen molar-refractivity contribution in [2.45, 2.75) is 96.0 Å². The minimum atomic E-state index is -0.961. The van der Waals surface area contributed by atoms with Gasteiger partial charge in [0.25, 0.3) is 11.6 Å². The molecule has 1 fully saturated rings. The Labute approximate surface area is 248 Å².